The lowest BCUT2D eigenvalue weighted by molar-refractivity contribution is -0.116. The van der Waals surface area contributed by atoms with Crippen LogP contribution in [0.2, 0.25) is 10.0 Å². The van der Waals surface area contributed by atoms with Crippen molar-refractivity contribution in [1.82, 2.24) is 5.32 Å². The van der Waals surface area contributed by atoms with Crippen molar-refractivity contribution >= 4 is 70.1 Å². The van der Waals surface area contributed by atoms with Crippen LogP contribution in [0, 0.1) is 13.8 Å². The topological polar surface area (TPSA) is 87.3 Å². The molecule has 0 spiro atoms. The SMILES string of the molecule is Cc1cccc(NC(=O)C(Sc2ccc(NC(=O)/C(=C/c3ccc(Cl)cc3Cl)NC(=O)c3ccccc3)cc2)c2ccccc2)c1C. The highest BCUT2D eigenvalue weighted by molar-refractivity contribution is 8.00. The van der Waals surface area contributed by atoms with Gasteiger partial charge in [-0.1, -0.05) is 89.9 Å². The second kappa shape index (κ2) is 15.6. The van der Waals surface area contributed by atoms with Gasteiger partial charge < -0.3 is 16.0 Å². The molecule has 5 aromatic carbocycles. The third kappa shape index (κ3) is 8.92. The molecule has 0 radical (unpaired) electrons. The van der Waals surface area contributed by atoms with E-state index >= 15 is 0 Å². The number of anilines is 2. The van der Waals surface area contributed by atoms with Crippen LogP contribution in [0.1, 0.15) is 37.9 Å². The maximum Gasteiger partial charge on any atom is 0.272 e. The quantitative estimate of drug-likeness (QED) is 0.101. The van der Waals surface area contributed by atoms with Gasteiger partial charge in [0.2, 0.25) is 5.91 Å². The third-order valence-corrected chi connectivity index (χ3v) is 9.19. The largest absolute Gasteiger partial charge is 0.325 e. The number of carbonyl (C=O) groups is 3. The fourth-order valence-corrected chi connectivity index (χ4v) is 6.14. The molecule has 5 rings (SSSR count). The lowest BCUT2D eigenvalue weighted by atomic mass is 10.1. The lowest BCUT2D eigenvalue weighted by Gasteiger charge is -2.19. The van der Waals surface area contributed by atoms with E-state index in [2.05, 4.69) is 16.0 Å². The molecular formula is C38H31Cl2N3O3S. The number of hydrogen-bond donors (Lipinski definition) is 3. The Bertz CT molecular complexity index is 1930. The number of hydrogen-bond acceptors (Lipinski definition) is 4. The summed E-state index contributed by atoms with van der Waals surface area (Å²) in [5.74, 6) is -1.14. The molecule has 0 bridgehead atoms. The van der Waals surface area contributed by atoms with Gasteiger partial charge in [0.25, 0.3) is 11.8 Å². The van der Waals surface area contributed by atoms with Crippen molar-refractivity contribution in [3.8, 4) is 0 Å². The molecular weight excluding hydrogens is 649 g/mol. The van der Waals surface area contributed by atoms with E-state index in [0.29, 0.717) is 26.9 Å². The van der Waals surface area contributed by atoms with Gasteiger partial charge in [0.15, 0.2) is 0 Å². The van der Waals surface area contributed by atoms with Crippen molar-refractivity contribution in [2.24, 2.45) is 0 Å². The molecule has 0 aliphatic heterocycles. The first-order chi connectivity index (χ1) is 22.7. The zero-order chi connectivity index (χ0) is 33.3. The lowest BCUT2D eigenvalue weighted by Crippen LogP contribution is -2.30. The number of rotatable bonds is 10. The Balaban J connectivity index is 1.35. The first-order valence-electron chi connectivity index (χ1n) is 14.7. The number of amides is 3. The Hall–Kier alpha value is -4.82. The van der Waals surface area contributed by atoms with Gasteiger partial charge in [-0.05, 0) is 96.8 Å². The van der Waals surface area contributed by atoms with Gasteiger partial charge in [0, 0.05) is 31.9 Å². The molecule has 0 aliphatic carbocycles. The zero-order valence-corrected chi connectivity index (χ0v) is 27.9. The molecule has 0 aliphatic rings. The minimum Gasteiger partial charge on any atom is -0.325 e. The summed E-state index contributed by atoms with van der Waals surface area (Å²) in [6.07, 6.45) is 1.50. The Morgan fingerprint density at radius 3 is 2.11 bits per heavy atom. The van der Waals surface area contributed by atoms with Crippen LogP contribution in [0.5, 0.6) is 0 Å². The van der Waals surface area contributed by atoms with Crippen molar-refractivity contribution in [3.05, 3.63) is 165 Å². The highest BCUT2D eigenvalue weighted by Gasteiger charge is 2.23. The van der Waals surface area contributed by atoms with E-state index in [-0.39, 0.29) is 11.6 Å². The number of halogens is 2. The molecule has 0 saturated carbocycles. The summed E-state index contributed by atoms with van der Waals surface area (Å²) in [5.41, 5.74) is 5.14. The van der Waals surface area contributed by atoms with Gasteiger partial charge in [-0.2, -0.15) is 0 Å². The van der Waals surface area contributed by atoms with Crippen LogP contribution in [0.3, 0.4) is 0 Å². The maximum atomic E-state index is 13.6. The van der Waals surface area contributed by atoms with E-state index in [0.717, 1.165) is 27.3 Å². The highest BCUT2D eigenvalue weighted by Crippen LogP contribution is 2.37. The minimum absolute atomic E-state index is 0.00576. The Morgan fingerprint density at radius 2 is 1.43 bits per heavy atom. The Kier molecular flexibility index (Phi) is 11.2. The van der Waals surface area contributed by atoms with Crippen molar-refractivity contribution in [1.29, 1.82) is 0 Å². The monoisotopic (exact) mass is 679 g/mol. The van der Waals surface area contributed by atoms with E-state index in [1.165, 1.54) is 17.8 Å². The average Bonchev–Trinajstić information content (AvgIpc) is 3.08. The molecule has 47 heavy (non-hydrogen) atoms. The van der Waals surface area contributed by atoms with Crippen LogP contribution in [-0.2, 0) is 9.59 Å². The zero-order valence-electron chi connectivity index (χ0n) is 25.6. The van der Waals surface area contributed by atoms with Gasteiger partial charge in [0.1, 0.15) is 10.9 Å². The van der Waals surface area contributed by atoms with E-state index in [9.17, 15) is 14.4 Å². The molecule has 5 aromatic rings. The summed E-state index contributed by atoms with van der Waals surface area (Å²) in [5, 5.41) is 8.91. The number of benzene rings is 5. The Morgan fingerprint density at radius 1 is 0.745 bits per heavy atom. The highest BCUT2D eigenvalue weighted by atomic mass is 35.5. The summed E-state index contributed by atoms with van der Waals surface area (Å²) in [4.78, 5) is 40.9. The molecule has 1 atom stereocenters. The third-order valence-electron chi connectivity index (χ3n) is 7.36. The molecule has 0 saturated heterocycles. The van der Waals surface area contributed by atoms with Crippen LogP contribution in [0.25, 0.3) is 6.08 Å². The van der Waals surface area contributed by atoms with E-state index < -0.39 is 17.1 Å². The van der Waals surface area contributed by atoms with E-state index in [1.54, 1.807) is 60.7 Å². The van der Waals surface area contributed by atoms with Crippen LogP contribution < -0.4 is 16.0 Å². The van der Waals surface area contributed by atoms with Gasteiger partial charge >= 0.3 is 0 Å². The number of thioether (sulfide) groups is 1. The fourth-order valence-electron chi connectivity index (χ4n) is 4.65. The van der Waals surface area contributed by atoms with E-state index in [1.807, 2.05) is 74.5 Å². The van der Waals surface area contributed by atoms with Crippen LogP contribution >= 0.6 is 35.0 Å². The molecule has 1 unspecified atom stereocenters. The van der Waals surface area contributed by atoms with Crippen molar-refractivity contribution in [2.75, 3.05) is 10.6 Å². The minimum atomic E-state index is -0.546. The van der Waals surface area contributed by atoms with E-state index in [4.69, 9.17) is 23.2 Å². The van der Waals surface area contributed by atoms with Crippen molar-refractivity contribution < 1.29 is 14.4 Å². The molecule has 0 fully saturated rings. The molecule has 236 valence electrons. The maximum absolute atomic E-state index is 13.6. The fraction of sp³-hybridized carbons (Fsp3) is 0.0789. The van der Waals surface area contributed by atoms with Gasteiger partial charge in [-0.25, -0.2) is 0 Å². The normalized spacial score (nSPS) is 11.8. The predicted octanol–water partition coefficient (Wildman–Crippen LogP) is 9.49. The summed E-state index contributed by atoms with van der Waals surface area (Å²) >= 11 is 13.8. The molecule has 6 nitrogen and oxygen atoms in total. The summed E-state index contributed by atoms with van der Waals surface area (Å²) in [6.45, 7) is 4.00. The molecule has 9 heteroatoms. The summed E-state index contributed by atoms with van der Waals surface area (Å²) < 4.78 is 0. The molecule has 0 heterocycles. The Labute approximate surface area is 288 Å². The van der Waals surface area contributed by atoms with Gasteiger partial charge in [-0.3, -0.25) is 14.4 Å². The molecule has 0 aromatic heterocycles. The second-order valence-corrected chi connectivity index (χ2v) is 12.7. The average molecular weight is 681 g/mol. The van der Waals surface area contributed by atoms with Crippen LogP contribution in [0.4, 0.5) is 11.4 Å². The van der Waals surface area contributed by atoms with Crippen LogP contribution in [0.15, 0.2) is 132 Å². The van der Waals surface area contributed by atoms with Crippen molar-refractivity contribution in [3.63, 3.8) is 0 Å². The van der Waals surface area contributed by atoms with Crippen molar-refractivity contribution in [2.45, 2.75) is 24.0 Å². The van der Waals surface area contributed by atoms with Gasteiger partial charge in [0.05, 0.1) is 0 Å². The smallest absolute Gasteiger partial charge is 0.272 e. The summed E-state index contributed by atoms with van der Waals surface area (Å²) in [6, 6.07) is 36.1. The number of aryl methyl sites for hydroxylation is 1. The first kappa shape index (κ1) is 33.5. The second-order valence-electron chi connectivity index (χ2n) is 10.7. The number of nitrogens with one attached hydrogen (secondary N) is 3. The molecule has 3 N–H and O–H groups in total. The summed E-state index contributed by atoms with van der Waals surface area (Å²) in [7, 11) is 0. The number of carbonyl (C=O) groups excluding carboxylic acids is 3. The standard InChI is InChI=1S/C38H31Cl2N3O3S/c1-24-10-9-15-33(25(24)2)42-38(46)35(26-11-5-3-6-12-26)47-31-20-18-30(19-21-31)41-37(45)34(22-28-16-17-29(39)23-32(28)40)43-36(44)27-13-7-4-8-14-27/h3-23,35H,1-2H3,(H,41,45)(H,42,46)(H,43,44)/b34-22-. The predicted molar refractivity (Wildman–Crippen MR) is 193 cm³/mol. The molecule has 3 amide bonds. The van der Waals surface area contributed by atoms with Crippen LogP contribution in [-0.4, -0.2) is 17.7 Å². The van der Waals surface area contributed by atoms with Gasteiger partial charge in [-0.15, -0.1) is 11.8 Å². The first-order valence-corrected chi connectivity index (χ1v) is 16.3.